The first kappa shape index (κ1) is 13.4. The molecular formula is C16H22ClNO. The van der Waals surface area contributed by atoms with E-state index in [2.05, 4.69) is 18.3 Å². The van der Waals surface area contributed by atoms with E-state index < -0.39 is 0 Å². The van der Waals surface area contributed by atoms with E-state index in [1.165, 1.54) is 31.2 Å². The van der Waals surface area contributed by atoms with Crippen molar-refractivity contribution in [2.75, 3.05) is 6.61 Å². The van der Waals surface area contributed by atoms with E-state index in [-0.39, 0.29) is 6.10 Å². The van der Waals surface area contributed by atoms with Gasteiger partial charge < -0.3 is 10.1 Å². The summed E-state index contributed by atoms with van der Waals surface area (Å²) in [5.41, 5.74) is 1.19. The Morgan fingerprint density at radius 2 is 2.11 bits per heavy atom. The minimum atomic E-state index is 0.115. The van der Waals surface area contributed by atoms with Gasteiger partial charge in [-0.1, -0.05) is 36.6 Å². The highest BCUT2D eigenvalue weighted by atomic mass is 35.5. The molecule has 2 nitrogen and oxygen atoms in total. The third kappa shape index (κ3) is 2.96. The van der Waals surface area contributed by atoms with Gasteiger partial charge in [0.1, 0.15) is 0 Å². The van der Waals surface area contributed by atoms with Crippen LogP contribution < -0.4 is 5.32 Å². The number of nitrogens with one attached hydrogen (secondary N) is 1. The van der Waals surface area contributed by atoms with Gasteiger partial charge in [0.2, 0.25) is 0 Å². The Balaban J connectivity index is 1.79. The van der Waals surface area contributed by atoms with E-state index >= 15 is 0 Å². The molecule has 0 spiro atoms. The Kier molecular flexibility index (Phi) is 4.11. The van der Waals surface area contributed by atoms with Crippen LogP contribution in [0, 0.1) is 5.92 Å². The van der Waals surface area contributed by atoms with E-state index in [0.717, 1.165) is 11.6 Å². The summed E-state index contributed by atoms with van der Waals surface area (Å²) >= 11 is 6.10. The number of ether oxygens (including phenoxy) is 1. The van der Waals surface area contributed by atoms with E-state index in [1.807, 2.05) is 18.2 Å². The number of hydrogen-bond acceptors (Lipinski definition) is 2. The van der Waals surface area contributed by atoms with Crippen molar-refractivity contribution in [2.45, 2.75) is 50.8 Å². The van der Waals surface area contributed by atoms with Crippen LogP contribution in [0.1, 0.15) is 44.3 Å². The first-order valence-electron chi connectivity index (χ1n) is 7.37. The fourth-order valence-electron chi connectivity index (χ4n) is 3.49. The monoisotopic (exact) mass is 279 g/mol. The average molecular weight is 280 g/mol. The lowest BCUT2D eigenvalue weighted by Crippen LogP contribution is -2.43. The number of benzene rings is 1. The molecule has 1 heterocycles. The lowest BCUT2D eigenvalue weighted by molar-refractivity contribution is 0.0263. The van der Waals surface area contributed by atoms with Crippen LogP contribution in [-0.2, 0) is 4.74 Å². The van der Waals surface area contributed by atoms with Gasteiger partial charge in [0.25, 0.3) is 0 Å². The zero-order chi connectivity index (χ0) is 13.2. The maximum Gasteiger partial charge on any atom is 0.0975 e. The molecule has 0 radical (unpaired) electrons. The van der Waals surface area contributed by atoms with Gasteiger partial charge in [0.05, 0.1) is 12.7 Å². The van der Waals surface area contributed by atoms with Crippen LogP contribution in [0.3, 0.4) is 0 Å². The molecule has 2 aliphatic rings. The Morgan fingerprint density at radius 3 is 2.95 bits per heavy atom. The van der Waals surface area contributed by atoms with Gasteiger partial charge in [0, 0.05) is 17.1 Å². The first-order chi connectivity index (χ1) is 9.24. The second-order valence-electron chi connectivity index (χ2n) is 5.92. The van der Waals surface area contributed by atoms with Crippen molar-refractivity contribution in [2.24, 2.45) is 5.92 Å². The molecule has 1 aliphatic heterocycles. The third-order valence-electron chi connectivity index (χ3n) is 4.51. The van der Waals surface area contributed by atoms with E-state index in [0.29, 0.717) is 18.0 Å². The zero-order valence-corrected chi connectivity index (χ0v) is 12.2. The van der Waals surface area contributed by atoms with Crippen molar-refractivity contribution >= 4 is 11.6 Å². The lowest BCUT2D eigenvalue weighted by Gasteiger charge is -2.30. The summed E-state index contributed by atoms with van der Waals surface area (Å²) in [5, 5.41) is 4.57. The maximum absolute atomic E-state index is 6.20. The average Bonchev–Trinajstić information content (AvgIpc) is 2.57. The van der Waals surface area contributed by atoms with Crippen molar-refractivity contribution in [3.8, 4) is 0 Å². The topological polar surface area (TPSA) is 21.3 Å². The molecule has 3 heteroatoms. The number of rotatable bonds is 1. The number of fused-ring (bicyclic) bond motifs is 1. The Bertz CT molecular complexity index is 437. The highest BCUT2D eigenvalue weighted by Crippen LogP contribution is 2.33. The molecule has 19 heavy (non-hydrogen) atoms. The van der Waals surface area contributed by atoms with Crippen LogP contribution >= 0.6 is 11.6 Å². The van der Waals surface area contributed by atoms with Crippen molar-refractivity contribution in [1.29, 1.82) is 0 Å². The molecule has 1 N–H and O–H groups in total. The maximum atomic E-state index is 6.20. The molecule has 4 atom stereocenters. The molecule has 0 amide bonds. The second-order valence-corrected chi connectivity index (χ2v) is 6.35. The Labute approximate surface area is 120 Å². The molecule has 1 saturated heterocycles. The summed E-state index contributed by atoms with van der Waals surface area (Å²) in [6.07, 6.45) is 5.41. The lowest BCUT2D eigenvalue weighted by atomic mass is 9.85. The van der Waals surface area contributed by atoms with Crippen LogP contribution in [0.2, 0.25) is 5.02 Å². The predicted molar refractivity (Wildman–Crippen MR) is 78.5 cm³/mol. The highest BCUT2D eigenvalue weighted by molar-refractivity contribution is 6.30. The summed E-state index contributed by atoms with van der Waals surface area (Å²) < 4.78 is 6.20. The minimum absolute atomic E-state index is 0.115. The van der Waals surface area contributed by atoms with E-state index in [4.69, 9.17) is 16.3 Å². The van der Waals surface area contributed by atoms with Gasteiger partial charge in [-0.2, -0.15) is 0 Å². The largest absolute Gasteiger partial charge is 0.372 e. The summed E-state index contributed by atoms with van der Waals surface area (Å²) in [4.78, 5) is 0. The fraction of sp³-hybridized carbons (Fsp3) is 0.625. The van der Waals surface area contributed by atoms with Gasteiger partial charge in [-0.25, -0.2) is 0 Å². The zero-order valence-electron chi connectivity index (χ0n) is 11.4. The van der Waals surface area contributed by atoms with Crippen LogP contribution in [0.5, 0.6) is 0 Å². The minimum Gasteiger partial charge on any atom is -0.372 e. The smallest absolute Gasteiger partial charge is 0.0975 e. The fourth-order valence-corrected chi connectivity index (χ4v) is 3.69. The van der Waals surface area contributed by atoms with Crippen LogP contribution in [0.15, 0.2) is 24.3 Å². The Hall–Kier alpha value is -0.570. The standard InChI is InChI=1S/C16H22ClNO/c1-11-16(12-6-4-7-14(17)9-12)19-10-13-5-2-3-8-15(13)18-11/h4,6-7,9,11,13,15-16,18H,2-3,5,8,10H2,1H3. The van der Waals surface area contributed by atoms with Crippen molar-refractivity contribution < 1.29 is 4.74 Å². The molecule has 1 aliphatic carbocycles. The van der Waals surface area contributed by atoms with Crippen LogP contribution in [0.4, 0.5) is 0 Å². The summed E-state index contributed by atoms with van der Waals surface area (Å²) in [5.74, 6) is 0.681. The SMILES string of the molecule is CC1NC2CCCCC2COC1c1cccc(Cl)c1. The third-order valence-corrected chi connectivity index (χ3v) is 4.74. The van der Waals surface area contributed by atoms with Gasteiger partial charge in [-0.05, 0) is 43.4 Å². The van der Waals surface area contributed by atoms with Crippen LogP contribution in [-0.4, -0.2) is 18.7 Å². The Morgan fingerprint density at radius 1 is 1.26 bits per heavy atom. The number of hydrogen-bond donors (Lipinski definition) is 1. The van der Waals surface area contributed by atoms with Gasteiger partial charge in [-0.15, -0.1) is 0 Å². The van der Waals surface area contributed by atoms with Crippen molar-refractivity contribution in [3.63, 3.8) is 0 Å². The molecule has 0 aromatic heterocycles. The van der Waals surface area contributed by atoms with Gasteiger partial charge in [0.15, 0.2) is 0 Å². The first-order valence-corrected chi connectivity index (χ1v) is 7.75. The molecule has 1 aromatic carbocycles. The predicted octanol–water partition coefficient (Wildman–Crippen LogP) is 3.95. The highest BCUT2D eigenvalue weighted by Gasteiger charge is 2.33. The molecule has 1 aromatic rings. The summed E-state index contributed by atoms with van der Waals surface area (Å²) in [6, 6.07) is 9.04. The van der Waals surface area contributed by atoms with E-state index in [9.17, 15) is 0 Å². The van der Waals surface area contributed by atoms with E-state index in [1.54, 1.807) is 0 Å². The molecule has 4 unspecified atom stereocenters. The second kappa shape index (κ2) is 5.82. The summed E-state index contributed by atoms with van der Waals surface area (Å²) in [6.45, 7) is 3.10. The van der Waals surface area contributed by atoms with Crippen molar-refractivity contribution in [3.05, 3.63) is 34.9 Å². The quantitative estimate of drug-likeness (QED) is 0.840. The molecule has 104 valence electrons. The molecular weight excluding hydrogens is 258 g/mol. The normalized spacial score (nSPS) is 35.5. The molecule has 2 fully saturated rings. The molecule has 0 bridgehead atoms. The van der Waals surface area contributed by atoms with Crippen LogP contribution in [0.25, 0.3) is 0 Å². The van der Waals surface area contributed by atoms with Gasteiger partial charge in [-0.3, -0.25) is 0 Å². The molecule has 3 rings (SSSR count). The van der Waals surface area contributed by atoms with Crippen molar-refractivity contribution in [1.82, 2.24) is 5.32 Å². The van der Waals surface area contributed by atoms with Gasteiger partial charge >= 0.3 is 0 Å². The molecule has 1 saturated carbocycles. The number of halogens is 1. The summed E-state index contributed by atoms with van der Waals surface area (Å²) in [7, 11) is 0.